The van der Waals surface area contributed by atoms with Crippen LogP contribution in [0.2, 0.25) is 0 Å². The van der Waals surface area contributed by atoms with Crippen LogP contribution >= 0.6 is 0 Å². The Balaban J connectivity index is 2.69. The fraction of sp³-hybridized carbons (Fsp3) is 0.500. The van der Waals surface area contributed by atoms with E-state index in [1.54, 1.807) is 6.92 Å². The summed E-state index contributed by atoms with van der Waals surface area (Å²) in [4.78, 5) is 15.2. The largest absolute Gasteiger partial charge is 0.381 e. The molecule has 0 spiro atoms. The first-order chi connectivity index (χ1) is 8.81. The Labute approximate surface area is 110 Å². The van der Waals surface area contributed by atoms with Crippen molar-refractivity contribution < 1.29 is 13.6 Å². The van der Waals surface area contributed by atoms with Crippen molar-refractivity contribution in [3.63, 3.8) is 0 Å². The van der Waals surface area contributed by atoms with Gasteiger partial charge < -0.3 is 16.4 Å². The predicted molar refractivity (Wildman–Crippen MR) is 69.5 cm³/mol. The third-order valence-electron chi connectivity index (χ3n) is 2.39. The van der Waals surface area contributed by atoms with E-state index in [1.165, 1.54) is 0 Å². The molecule has 0 bridgehead atoms. The van der Waals surface area contributed by atoms with Gasteiger partial charge in [-0.05, 0) is 12.8 Å². The topological polar surface area (TPSA) is 80.0 Å². The molecule has 0 aliphatic rings. The van der Waals surface area contributed by atoms with E-state index in [-0.39, 0.29) is 11.7 Å². The number of pyridine rings is 1. The second-order valence-electron chi connectivity index (χ2n) is 4.69. The molecule has 0 saturated heterocycles. The third kappa shape index (κ3) is 4.35. The van der Waals surface area contributed by atoms with E-state index < -0.39 is 23.5 Å². The predicted octanol–water partition coefficient (Wildman–Crippen LogP) is 1.51. The highest BCUT2D eigenvalue weighted by Gasteiger charge is 2.17. The van der Waals surface area contributed by atoms with Crippen molar-refractivity contribution in [2.24, 2.45) is 5.92 Å². The van der Waals surface area contributed by atoms with Crippen molar-refractivity contribution in [3.05, 3.63) is 17.7 Å². The minimum absolute atomic E-state index is 0.244. The number of amides is 1. The van der Waals surface area contributed by atoms with Gasteiger partial charge in [-0.25, -0.2) is 13.8 Å². The smallest absolute Gasteiger partial charge is 0.242 e. The highest BCUT2D eigenvalue weighted by Crippen LogP contribution is 2.17. The van der Waals surface area contributed by atoms with Crippen molar-refractivity contribution >= 4 is 17.5 Å². The van der Waals surface area contributed by atoms with E-state index in [0.717, 1.165) is 0 Å². The number of hydrogen-bond acceptors (Lipinski definition) is 4. The standard InChI is InChI=1S/C12H18F2N4O/c1-6(2)5-16-12(19)7(3)17-11-9(14)4-8(13)10(15)18-11/h4,6-7H,5H2,1-3H3,(H,16,19)(H3,15,17,18). The minimum atomic E-state index is -0.931. The lowest BCUT2D eigenvalue weighted by atomic mass is 10.2. The number of nitrogen functional groups attached to an aromatic ring is 1. The van der Waals surface area contributed by atoms with Crippen LogP contribution in [0.25, 0.3) is 0 Å². The maximum absolute atomic E-state index is 13.4. The average molecular weight is 272 g/mol. The Morgan fingerprint density at radius 3 is 2.58 bits per heavy atom. The molecular formula is C12H18F2N4O. The van der Waals surface area contributed by atoms with E-state index in [2.05, 4.69) is 15.6 Å². The molecule has 0 fully saturated rings. The zero-order valence-corrected chi connectivity index (χ0v) is 11.1. The van der Waals surface area contributed by atoms with Gasteiger partial charge in [0, 0.05) is 12.6 Å². The molecule has 0 saturated carbocycles. The molecule has 1 rings (SSSR count). The first kappa shape index (κ1) is 15.1. The highest BCUT2D eigenvalue weighted by molar-refractivity contribution is 5.83. The molecule has 106 valence electrons. The van der Waals surface area contributed by atoms with E-state index in [0.29, 0.717) is 18.5 Å². The van der Waals surface area contributed by atoms with Gasteiger partial charge in [-0.1, -0.05) is 13.8 Å². The quantitative estimate of drug-likeness (QED) is 0.759. The number of carbonyl (C=O) groups excluding carboxylic acids is 1. The van der Waals surface area contributed by atoms with Crippen LogP contribution in [0.4, 0.5) is 20.4 Å². The van der Waals surface area contributed by atoms with Gasteiger partial charge in [0.05, 0.1) is 0 Å². The molecule has 1 heterocycles. The Bertz CT molecular complexity index is 465. The molecule has 1 aromatic rings. The number of carbonyl (C=O) groups is 1. The zero-order valence-electron chi connectivity index (χ0n) is 11.1. The number of rotatable bonds is 5. The van der Waals surface area contributed by atoms with Gasteiger partial charge in [0.2, 0.25) is 5.91 Å². The molecule has 5 nitrogen and oxygen atoms in total. The number of aromatic nitrogens is 1. The van der Waals surface area contributed by atoms with Crippen molar-refractivity contribution in [1.29, 1.82) is 0 Å². The maximum atomic E-state index is 13.4. The first-order valence-corrected chi connectivity index (χ1v) is 5.97. The first-order valence-electron chi connectivity index (χ1n) is 5.97. The molecule has 7 heteroatoms. The van der Waals surface area contributed by atoms with Crippen LogP contribution in [0, 0.1) is 17.6 Å². The molecule has 4 N–H and O–H groups in total. The van der Waals surface area contributed by atoms with Crippen molar-refractivity contribution in [2.75, 3.05) is 17.6 Å². The molecule has 1 amide bonds. The van der Waals surface area contributed by atoms with Gasteiger partial charge in [-0.3, -0.25) is 4.79 Å². The maximum Gasteiger partial charge on any atom is 0.242 e. The van der Waals surface area contributed by atoms with Gasteiger partial charge in [-0.2, -0.15) is 0 Å². The number of nitrogens with one attached hydrogen (secondary N) is 2. The van der Waals surface area contributed by atoms with Gasteiger partial charge in [0.1, 0.15) is 6.04 Å². The van der Waals surface area contributed by atoms with E-state index in [1.807, 2.05) is 13.8 Å². The summed E-state index contributed by atoms with van der Waals surface area (Å²) in [5.41, 5.74) is 5.25. The summed E-state index contributed by atoms with van der Waals surface area (Å²) in [7, 11) is 0. The molecule has 0 aliphatic carbocycles. The molecule has 0 radical (unpaired) electrons. The lowest BCUT2D eigenvalue weighted by Gasteiger charge is -2.16. The molecule has 1 unspecified atom stereocenters. The van der Waals surface area contributed by atoms with Crippen LogP contribution in [0.5, 0.6) is 0 Å². The summed E-state index contributed by atoms with van der Waals surface area (Å²) < 4.78 is 26.3. The van der Waals surface area contributed by atoms with Crippen molar-refractivity contribution in [1.82, 2.24) is 10.3 Å². The molecule has 1 aromatic heterocycles. The lowest BCUT2D eigenvalue weighted by molar-refractivity contribution is -0.121. The van der Waals surface area contributed by atoms with Gasteiger partial charge in [-0.15, -0.1) is 0 Å². The molecular weight excluding hydrogens is 254 g/mol. The number of nitrogens with two attached hydrogens (primary N) is 1. The Hall–Kier alpha value is -1.92. The summed E-state index contributed by atoms with van der Waals surface area (Å²) in [6.45, 7) is 5.99. The van der Waals surface area contributed by atoms with Gasteiger partial charge in [0.15, 0.2) is 23.3 Å². The third-order valence-corrected chi connectivity index (χ3v) is 2.39. The molecule has 0 aromatic carbocycles. The van der Waals surface area contributed by atoms with Crippen LogP contribution in [-0.2, 0) is 4.79 Å². The average Bonchev–Trinajstić information content (AvgIpc) is 2.32. The summed E-state index contributed by atoms with van der Waals surface area (Å²) in [6, 6.07) is -0.0748. The van der Waals surface area contributed by atoms with Gasteiger partial charge >= 0.3 is 0 Å². The van der Waals surface area contributed by atoms with Crippen LogP contribution in [0.1, 0.15) is 20.8 Å². The number of nitrogens with zero attached hydrogens (tertiary/aromatic N) is 1. The number of halogens is 2. The van der Waals surface area contributed by atoms with E-state index in [4.69, 9.17) is 5.73 Å². The minimum Gasteiger partial charge on any atom is -0.381 e. The van der Waals surface area contributed by atoms with Crippen molar-refractivity contribution in [2.45, 2.75) is 26.8 Å². The molecule has 0 aliphatic heterocycles. The number of hydrogen-bond donors (Lipinski definition) is 3. The molecule has 19 heavy (non-hydrogen) atoms. The number of anilines is 2. The highest BCUT2D eigenvalue weighted by atomic mass is 19.1. The Morgan fingerprint density at radius 1 is 1.37 bits per heavy atom. The van der Waals surface area contributed by atoms with Crippen LogP contribution in [-0.4, -0.2) is 23.5 Å². The van der Waals surface area contributed by atoms with Gasteiger partial charge in [0.25, 0.3) is 0 Å². The lowest BCUT2D eigenvalue weighted by Crippen LogP contribution is -2.39. The van der Waals surface area contributed by atoms with E-state index >= 15 is 0 Å². The second kappa shape index (κ2) is 6.31. The Kier molecular flexibility index (Phi) is 5.02. The van der Waals surface area contributed by atoms with Crippen LogP contribution in [0.15, 0.2) is 6.07 Å². The van der Waals surface area contributed by atoms with Crippen LogP contribution in [0.3, 0.4) is 0 Å². The van der Waals surface area contributed by atoms with E-state index in [9.17, 15) is 13.6 Å². The Morgan fingerprint density at radius 2 is 2.00 bits per heavy atom. The van der Waals surface area contributed by atoms with Crippen LogP contribution < -0.4 is 16.4 Å². The summed E-state index contributed by atoms with van der Waals surface area (Å²) >= 11 is 0. The summed E-state index contributed by atoms with van der Waals surface area (Å²) in [5, 5.41) is 5.25. The second-order valence-corrected chi connectivity index (χ2v) is 4.69. The monoisotopic (exact) mass is 272 g/mol. The SMILES string of the molecule is CC(C)CNC(=O)C(C)Nc1nc(N)c(F)cc1F. The fourth-order valence-corrected chi connectivity index (χ4v) is 1.31. The summed E-state index contributed by atoms with van der Waals surface area (Å²) in [6.07, 6.45) is 0. The zero-order chi connectivity index (χ0) is 14.6. The normalized spacial score (nSPS) is 12.3. The summed E-state index contributed by atoms with van der Waals surface area (Å²) in [5.74, 6) is -2.47. The fourth-order valence-electron chi connectivity index (χ4n) is 1.31. The molecule has 1 atom stereocenters. The van der Waals surface area contributed by atoms with Crippen molar-refractivity contribution in [3.8, 4) is 0 Å².